The Morgan fingerprint density at radius 1 is 1.12 bits per heavy atom. The highest BCUT2D eigenvalue weighted by atomic mass is 32.1. The minimum absolute atomic E-state index is 0.0554. The van der Waals surface area contributed by atoms with Crippen LogP contribution in [-0.4, -0.2) is 57.3 Å². The second-order valence-electron chi connectivity index (χ2n) is 6.99. The summed E-state index contributed by atoms with van der Waals surface area (Å²) in [5, 5.41) is 5.71. The molecule has 0 N–H and O–H groups in total. The van der Waals surface area contributed by atoms with Gasteiger partial charge in [0.15, 0.2) is 0 Å². The minimum atomic E-state index is 0.0554. The number of aryl methyl sites for hydroxylation is 3. The Balaban J connectivity index is 1.27. The van der Waals surface area contributed by atoms with Crippen LogP contribution in [0.2, 0.25) is 0 Å². The fraction of sp³-hybridized carbons (Fsp3) is 0.611. The molecule has 0 saturated carbocycles. The molecule has 0 bridgehead atoms. The van der Waals surface area contributed by atoms with Gasteiger partial charge < -0.3 is 0 Å². The van der Waals surface area contributed by atoms with Crippen molar-refractivity contribution in [1.82, 2.24) is 24.6 Å². The first-order valence-corrected chi connectivity index (χ1v) is 9.95. The topological polar surface area (TPSA) is 54.3 Å². The molecule has 7 heteroatoms. The lowest BCUT2D eigenvalue weighted by atomic mass is 10.2. The molecule has 0 spiro atoms. The van der Waals surface area contributed by atoms with E-state index in [9.17, 15) is 4.79 Å². The van der Waals surface area contributed by atoms with Gasteiger partial charge in [0.05, 0.1) is 17.2 Å². The zero-order chi connectivity index (χ0) is 17.2. The molecule has 2 aliphatic rings. The maximum Gasteiger partial charge on any atom is 0.267 e. The van der Waals surface area contributed by atoms with E-state index in [1.54, 1.807) is 22.1 Å². The summed E-state index contributed by atoms with van der Waals surface area (Å²) in [5.74, 6) is 0. The van der Waals surface area contributed by atoms with Crippen LogP contribution in [-0.2, 0) is 25.9 Å². The maximum absolute atomic E-state index is 12.2. The number of rotatable bonds is 5. The molecule has 1 aliphatic carbocycles. The van der Waals surface area contributed by atoms with E-state index in [0.29, 0.717) is 6.54 Å². The number of hydrogen-bond acceptors (Lipinski definition) is 6. The van der Waals surface area contributed by atoms with E-state index < -0.39 is 0 Å². The van der Waals surface area contributed by atoms with Crippen molar-refractivity contribution in [2.45, 2.75) is 39.3 Å². The van der Waals surface area contributed by atoms with E-state index in [1.807, 2.05) is 6.20 Å². The molecule has 0 radical (unpaired) electrons. The van der Waals surface area contributed by atoms with Gasteiger partial charge in [-0.3, -0.25) is 14.6 Å². The van der Waals surface area contributed by atoms with Gasteiger partial charge in [0, 0.05) is 56.4 Å². The van der Waals surface area contributed by atoms with Gasteiger partial charge in [-0.1, -0.05) is 0 Å². The average Bonchev–Trinajstić information content (AvgIpc) is 3.22. The molecule has 0 amide bonds. The summed E-state index contributed by atoms with van der Waals surface area (Å²) in [6, 6.07) is 1.80. The smallest absolute Gasteiger partial charge is 0.267 e. The second-order valence-corrected chi connectivity index (χ2v) is 8.31. The molecule has 0 atom stereocenters. The average molecular weight is 359 g/mol. The number of piperazine rings is 1. The summed E-state index contributed by atoms with van der Waals surface area (Å²) >= 11 is 1.79. The summed E-state index contributed by atoms with van der Waals surface area (Å²) in [4.78, 5) is 22.8. The van der Waals surface area contributed by atoms with Crippen molar-refractivity contribution >= 4 is 11.3 Å². The minimum Gasteiger partial charge on any atom is -0.299 e. The van der Waals surface area contributed by atoms with E-state index >= 15 is 0 Å². The number of aromatic nitrogens is 3. The zero-order valence-electron chi connectivity index (χ0n) is 14.8. The summed E-state index contributed by atoms with van der Waals surface area (Å²) in [5.41, 5.74) is 2.34. The van der Waals surface area contributed by atoms with Crippen molar-refractivity contribution in [2.24, 2.45) is 0 Å². The molecule has 1 fully saturated rings. The van der Waals surface area contributed by atoms with Crippen LogP contribution >= 0.6 is 11.3 Å². The Kier molecular flexibility index (Phi) is 4.96. The molecule has 1 aliphatic heterocycles. The van der Waals surface area contributed by atoms with Gasteiger partial charge >= 0.3 is 0 Å². The molecular formula is C18H25N5OS. The predicted molar refractivity (Wildman–Crippen MR) is 99.1 cm³/mol. The maximum atomic E-state index is 12.2. The third kappa shape index (κ3) is 3.99. The van der Waals surface area contributed by atoms with E-state index in [2.05, 4.69) is 26.8 Å². The summed E-state index contributed by atoms with van der Waals surface area (Å²) in [6.07, 6.45) is 5.16. The Hall–Kier alpha value is -1.57. The van der Waals surface area contributed by atoms with Crippen molar-refractivity contribution in [1.29, 1.82) is 0 Å². The highest BCUT2D eigenvalue weighted by Crippen LogP contribution is 2.17. The zero-order valence-corrected chi connectivity index (χ0v) is 15.6. The molecule has 1 saturated heterocycles. The first-order chi connectivity index (χ1) is 12.2. The van der Waals surface area contributed by atoms with E-state index in [0.717, 1.165) is 74.8 Å². The van der Waals surface area contributed by atoms with Gasteiger partial charge in [0.25, 0.3) is 5.56 Å². The molecule has 0 aromatic carbocycles. The third-order valence-electron chi connectivity index (χ3n) is 5.17. The standard InChI is InChI=1S/C18H25N5OS/c1-14-19-12-16(25-14)13-22-7-5-21(6-8-22)9-10-23-18(24)11-15-3-2-4-17(15)20-23/h11-12H,2-10,13H2,1H3. The molecule has 2 aromatic heterocycles. The lowest BCUT2D eigenvalue weighted by Crippen LogP contribution is -2.47. The Bertz CT molecular complexity index is 791. The fourth-order valence-corrected chi connectivity index (χ4v) is 4.54. The van der Waals surface area contributed by atoms with Crippen LogP contribution in [0.5, 0.6) is 0 Å². The third-order valence-corrected chi connectivity index (χ3v) is 6.06. The number of nitrogens with zero attached hydrogens (tertiary/aromatic N) is 5. The van der Waals surface area contributed by atoms with Gasteiger partial charge in [0.1, 0.15) is 0 Å². The fourth-order valence-electron chi connectivity index (χ4n) is 3.71. The Labute approximate surface area is 152 Å². The highest BCUT2D eigenvalue weighted by molar-refractivity contribution is 7.11. The van der Waals surface area contributed by atoms with Crippen LogP contribution in [0.15, 0.2) is 17.1 Å². The number of hydrogen-bond donors (Lipinski definition) is 0. The van der Waals surface area contributed by atoms with Gasteiger partial charge in [-0.25, -0.2) is 9.67 Å². The Morgan fingerprint density at radius 3 is 2.68 bits per heavy atom. The molecule has 25 heavy (non-hydrogen) atoms. The molecule has 134 valence electrons. The van der Waals surface area contributed by atoms with Crippen LogP contribution in [0.1, 0.15) is 27.6 Å². The molecule has 0 unspecified atom stereocenters. The normalized spacial score (nSPS) is 18.6. The lowest BCUT2D eigenvalue weighted by molar-refractivity contribution is 0.123. The summed E-state index contributed by atoms with van der Waals surface area (Å²) < 4.78 is 1.66. The van der Waals surface area contributed by atoms with E-state index in [4.69, 9.17) is 0 Å². The van der Waals surface area contributed by atoms with E-state index in [1.165, 1.54) is 4.88 Å². The van der Waals surface area contributed by atoms with Crippen molar-refractivity contribution in [3.8, 4) is 0 Å². The predicted octanol–water partition coefficient (Wildman–Crippen LogP) is 1.31. The molecule has 2 aromatic rings. The molecule has 6 nitrogen and oxygen atoms in total. The largest absolute Gasteiger partial charge is 0.299 e. The second kappa shape index (κ2) is 7.35. The van der Waals surface area contributed by atoms with Crippen LogP contribution in [0.25, 0.3) is 0 Å². The quantitative estimate of drug-likeness (QED) is 0.806. The van der Waals surface area contributed by atoms with Crippen molar-refractivity contribution in [2.75, 3.05) is 32.7 Å². The number of thiazole rings is 1. The molecular weight excluding hydrogens is 334 g/mol. The van der Waals surface area contributed by atoms with Crippen LogP contribution in [0, 0.1) is 6.92 Å². The Morgan fingerprint density at radius 2 is 1.92 bits per heavy atom. The summed E-state index contributed by atoms with van der Waals surface area (Å²) in [6.45, 7) is 8.91. The number of fused-ring (bicyclic) bond motifs is 1. The van der Waals surface area contributed by atoms with Crippen LogP contribution in [0.3, 0.4) is 0 Å². The first-order valence-electron chi connectivity index (χ1n) is 9.13. The van der Waals surface area contributed by atoms with Crippen molar-refractivity contribution < 1.29 is 0 Å². The van der Waals surface area contributed by atoms with Crippen molar-refractivity contribution in [3.05, 3.63) is 43.8 Å². The monoisotopic (exact) mass is 359 g/mol. The van der Waals surface area contributed by atoms with Crippen LogP contribution in [0.4, 0.5) is 0 Å². The molecule has 3 heterocycles. The SMILES string of the molecule is Cc1ncc(CN2CCN(CCn3nc4c(cc3=O)CCC4)CC2)s1. The lowest BCUT2D eigenvalue weighted by Gasteiger charge is -2.34. The van der Waals surface area contributed by atoms with Gasteiger partial charge in [-0.15, -0.1) is 11.3 Å². The highest BCUT2D eigenvalue weighted by Gasteiger charge is 2.19. The van der Waals surface area contributed by atoms with Crippen LogP contribution < -0.4 is 5.56 Å². The summed E-state index contributed by atoms with van der Waals surface area (Å²) in [7, 11) is 0. The van der Waals surface area contributed by atoms with Crippen molar-refractivity contribution in [3.63, 3.8) is 0 Å². The van der Waals surface area contributed by atoms with E-state index in [-0.39, 0.29) is 5.56 Å². The molecule has 4 rings (SSSR count). The van der Waals surface area contributed by atoms with Gasteiger partial charge in [-0.05, 0) is 31.7 Å². The first kappa shape index (κ1) is 16.9. The van der Waals surface area contributed by atoms with Gasteiger partial charge in [0.2, 0.25) is 0 Å². The van der Waals surface area contributed by atoms with Gasteiger partial charge in [-0.2, -0.15) is 5.10 Å².